The molecule has 1 aromatic carbocycles. The minimum absolute atomic E-state index is 0.0976. The van der Waals surface area contributed by atoms with E-state index in [1.807, 2.05) is 24.3 Å². The number of nitrogens with one attached hydrogen (secondary N) is 1. The summed E-state index contributed by atoms with van der Waals surface area (Å²) >= 11 is 0.451. The number of carbonyl (C=O) groups excluding carboxylic acids is 1. The number of rotatable bonds is 2. The number of aromatic nitrogens is 2. The van der Waals surface area contributed by atoms with Gasteiger partial charge in [0.15, 0.2) is 0 Å². The summed E-state index contributed by atoms with van der Waals surface area (Å²) in [7, 11) is 1.50. The van der Waals surface area contributed by atoms with Crippen LogP contribution in [-0.2, 0) is 23.9 Å². The average molecular weight is 342 g/mol. The first-order valence-corrected chi connectivity index (χ1v) is 7.67. The first-order valence-electron chi connectivity index (χ1n) is 6.86. The molecule has 2 aromatic rings. The fraction of sp³-hybridized carbons (Fsp3) is 0.357. The van der Waals surface area contributed by atoms with E-state index in [4.69, 9.17) is 0 Å². The molecule has 122 valence electrons. The normalized spacial score (nSPS) is 17.7. The Labute approximate surface area is 134 Å². The van der Waals surface area contributed by atoms with Crippen LogP contribution in [-0.4, -0.2) is 29.2 Å². The van der Waals surface area contributed by atoms with E-state index >= 15 is 0 Å². The van der Waals surface area contributed by atoms with Gasteiger partial charge in [0.05, 0.1) is 0 Å². The highest BCUT2D eigenvalue weighted by Gasteiger charge is 2.38. The van der Waals surface area contributed by atoms with Crippen molar-refractivity contribution in [2.45, 2.75) is 25.2 Å². The van der Waals surface area contributed by atoms with Gasteiger partial charge in [-0.1, -0.05) is 35.6 Å². The number of halogens is 3. The standard InChI is InChI=1S/C14H13F3N4OS/c1-18-11(22)10-6-8-4-2-3-5-9(8)7-21(10)13-20-19-12(23-13)14(15,16)17/h2-5,10H,6-7H2,1H3,(H,18,22)/t10-/m0/s1. The third-order valence-corrected chi connectivity index (χ3v) is 4.71. The summed E-state index contributed by atoms with van der Waals surface area (Å²) in [6.45, 7) is 0.320. The van der Waals surface area contributed by atoms with E-state index in [2.05, 4.69) is 15.5 Å². The first kappa shape index (κ1) is 15.7. The van der Waals surface area contributed by atoms with Crippen LogP contribution in [0.2, 0.25) is 0 Å². The van der Waals surface area contributed by atoms with Gasteiger partial charge in [-0.05, 0) is 11.1 Å². The second-order valence-corrected chi connectivity index (χ2v) is 6.07. The van der Waals surface area contributed by atoms with Crippen molar-refractivity contribution in [2.75, 3.05) is 11.9 Å². The number of anilines is 1. The minimum Gasteiger partial charge on any atom is -0.357 e. The monoisotopic (exact) mass is 342 g/mol. The van der Waals surface area contributed by atoms with Crippen molar-refractivity contribution in [1.82, 2.24) is 15.5 Å². The lowest BCUT2D eigenvalue weighted by Gasteiger charge is -2.35. The van der Waals surface area contributed by atoms with Crippen LogP contribution in [0.5, 0.6) is 0 Å². The van der Waals surface area contributed by atoms with E-state index in [1.54, 1.807) is 4.90 Å². The number of fused-ring (bicyclic) bond motifs is 1. The summed E-state index contributed by atoms with van der Waals surface area (Å²) in [5.41, 5.74) is 1.98. The van der Waals surface area contributed by atoms with Gasteiger partial charge in [0, 0.05) is 20.0 Å². The zero-order valence-electron chi connectivity index (χ0n) is 12.1. The summed E-state index contributed by atoms with van der Waals surface area (Å²) in [4.78, 5) is 13.7. The summed E-state index contributed by atoms with van der Waals surface area (Å²) in [6, 6.07) is 6.95. The van der Waals surface area contributed by atoms with E-state index in [-0.39, 0.29) is 11.0 Å². The Morgan fingerprint density at radius 1 is 1.30 bits per heavy atom. The lowest BCUT2D eigenvalue weighted by molar-refractivity contribution is -0.138. The Bertz CT molecular complexity index is 731. The molecule has 0 spiro atoms. The number of alkyl halides is 3. The molecule has 23 heavy (non-hydrogen) atoms. The highest BCUT2D eigenvalue weighted by molar-refractivity contribution is 7.15. The smallest absolute Gasteiger partial charge is 0.357 e. The van der Waals surface area contributed by atoms with Gasteiger partial charge < -0.3 is 10.2 Å². The molecule has 1 aliphatic heterocycles. The van der Waals surface area contributed by atoms with Gasteiger partial charge in [-0.25, -0.2) is 0 Å². The molecule has 0 unspecified atom stereocenters. The van der Waals surface area contributed by atoms with Gasteiger partial charge in [-0.3, -0.25) is 4.79 Å². The Hall–Kier alpha value is -2.16. The molecule has 1 aliphatic rings. The Morgan fingerprint density at radius 3 is 2.61 bits per heavy atom. The van der Waals surface area contributed by atoms with Crippen molar-refractivity contribution < 1.29 is 18.0 Å². The predicted octanol–water partition coefficient (Wildman–Crippen LogP) is 2.23. The van der Waals surface area contributed by atoms with Gasteiger partial charge in [-0.2, -0.15) is 13.2 Å². The first-order chi connectivity index (χ1) is 10.9. The van der Waals surface area contributed by atoms with Gasteiger partial charge >= 0.3 is 6.18 Å². The molecule has 0 radical (unpaired) electrons. The molecular formula is C14H13F3N4OS. The van der Waals surface area contributed by atoms with Crippen molar-refractivity contribution in [3.63, 3.8) is 0 Å². The van der Waals surface area contributed by atoms with Gasteiger partial charge in [0.2, 0.25) is 16.0 Å². The van der Waals surface area contributed by atoms with Crippen molar-refractivity contribution in [1.29, 1.82) is 0 Å². The minimum atomic E-state index is -4.54. The third-order valence-electron chi connectivity index (χ3n) is 3.70. The second-order valence-electron chi connectivity index (χ2n) is 5.12. The average Bonchev–Trinajstić information content (AvgIpc) is 3.03. The fourth-order valence-electron chi connectivity index (χ4n) is 2.57. The summed E-state index contributed by atoms with van der Waals surface area (Å²) in [5.74, 6) is -0.261. The molecule has 1 aromatic heterocycles. The molecule has 0 bridgehead atoms. The van der Waals surface area contributed by atoms with Crippen LogP contribution in [0.3, 0.4) is 0 Å². The lowest BCUT2D eigenvalue weighted by Crippen LogP contribution is -2.49. The maximum atomic E-state index is 12.7. The molecule has 9 heteroatoms. The second kappa shape index (κ2) is 5.80. The number of amides is 1. The SMILES string of the molecule is CNC(=O)[C@@H]1Cc2ccccc2CN1c1nnc(C(F)(F)F)s1. The van der Waals surface area contributed by atoms with Gasteiger partial charge in [0.1, 0.15) is 6.04 Å². The molecule has 1 amide bonds. The van der Waals surface area contributed by atoms with Crippen molar-refractivity contribution in [3.05, 3.63) is 40.4 Å². The maximum Gasteiger partial charge on any atom is 0.445 e. The fourth-order valence-corrected chi connectivity index (χ4v) is 3.33. The maximum absolute atomic E-state index is 12.7. The van der Waals surface area contributed by atoms with Crippen LogP contribution < -0.4 is 10.2 Å². The molecule has 0 fully saturated rings. The number of carbonyl (C=O) groups is 1. The van der Waals surface area contributed by atoms with Crippen molar-refractivity contribution >= 4 is 22.4 Å². The molecule has 0 saturated heterocycles. The Balaban J connectivity index is 1.98. The topological polar surface area (TPSA) is 58.1 Å². The molecule has 0 saturated carbocycles. The number of benzene rings is 1. The van der Waals surface area contributed by atoms with Crippen LogP contribution in [0.4, 0.5) is 18.3 Å². The quantitative estimate of drug-likeness (QED) is 0.909. The molecule has 2 heterocycles. The molecule has 1 N–H and O–H groups in total. The van der Waals surface area contributed by atoms with Gasteiger partial charge in [0.25, 0.3) is 0 Å². The van der Waals surface area contributed by atoms with Crippen LogP contribution in [0.25, 0.3) is 0 Å². The molecule has 3 rings (SSSR count). The zero-order valence-corrected chi connectivity index (χ0v) is 12.9. The van der Waals surface area contributed by atoms with Gasteiger partial charge in [-0.15, -0.1) is 10.2 Å². The number of likely N-dealkylation sites (N-methyl/N-ethyl adjacent to an activating group) is 1. The Morgan fingerprint density at radius 2 is 2.00 bits per heavy atom. The lowest BCUT2D eigenvalue weighted by atomic mass is 9.94. The summed E-state index contributed by atoms with van der Waals surface area (Å²) in [5, 5.41) is 8.49. The summed E-state index contributed by atoms with van der Waals surface area (Å²) in [6.07, 6.45) is -4.12. The van der Waals surface area contributed by atoms with E-state index < -0.39 is 17.2 Å². The van der Waals surface area contributed by atoms with Crippen LogP contribution in [0, 0.1) is 0 Å². The Kier molecular flexibility index (Phi) is 3.97. The van der Waals surface area contributed by atoms with E-state index in [1.165, 1.54) is 7.05 Å². The zero-order chi connectivity index (χ0) is 16.6. The molecule has 0 aliphatic carbocycles. The largest absolute Gasteiger partial charge is 0.445 e. The predicted molar refractivity (Wildman–Crippen MR) is 79.1 cm³/mol. The number of hydrogen-bond acceptors (Lipinski definition) is 5. The van der Waals surface area contributed by atoms with Crippen LogP contribution in [0.15, 0.2) is 24.3 Å². The highest BCUT2D eigenvalue weighted by atomic mass is 32.1. The number of nitrogens with zero attached hydrogens (tertiary/aromatic N) is 3. The third kappa shape index (κ3) is 3.00. The van der Waals surface area contributed by atoms with E-state index in [0.717, 1.165) is 11.1 Å². The summed E-state index contributed by atoms with van der Waals surface area (Å²) < 4.78 is 38.2. The van der Waals surface area contributed by atoms with Crippen LogP contribution in [0.1, 0.15) is 16.1 Å². The van der Waals surface area contributed by atoms with Crippen LogP contribution >= 0.6 is 11.3 Å². The van der Waals surface area contributed by atoms with E-state index in [0.29, 0.717) is 24.3 Å². The number of hydrogen-bond donors (Lipinski definition) is 1. The molecule has 5 nitrogen and oxygen atoms in total. The molecular weight excluding hydrogens is 329 g/mol. The highest BCUT2D eigenvalue weighted by Crippen LogP contribution is 2.37. The van der Waals surface area contributed by atoms with Crippen molar-refractivity contribution in [3.8, 4) is 0 Å². The molecule has 1 atom stereocenters. The van der Waals surface area contributed by atoms with E-state index in [9.17, 15) is 18.0 Å². The van der Waals surface area contributed by atoms with Crippen molar-refractivity contribution in [2.24, 2.45) is 0 Å².